The summed E-state index contributed by atoms with van der Waals surface area (Å²) in [4.78, 5) is 17.1. The lowest BCUT2D eigenvalue weighted by Crippen LogP contribution is -2.01. The number of para-hydroxylation sites is 1. The number of carbonyl (C=O) groups excluding carboxylic acids is 1. The molecule has 0 atom stereocenters. The topological polar surface area (TPSA) is 48.4 Å². The number of ether oxygens (including phenoxy) is 2. The Bertz CT molecular complexity index is 961. The van der Waals surface area contributed by atoms with Gasteiger partial charge in [-0.2, -0.15) is 0 Å². The molecule has 0 unspecified atom stereocenters. The summed E-state index contributed by atoms with van der Waals surface area (Å²) in [5.41, 5.74) is 3.05. The van der Waals surface area contributed by atoms with Crippen molar-refractivity contribution in [2.45, 2.75) is 6.92 Å². The van der Waals surface area contributed by atoms with Crippen LogP contribution in [0.5, 0.6) is 11.5 Å². The van der Waals surface area contributed by atoms with Gasteiger partial charge in [0.15, 0.2) is 17.3 Å². The van der Waals surface area contributed by atoms with Gasteiger partial charge in [-0.05, 0) is 48.9 Å². The Balaban J connectivity index is 1.89. The number of pyridine rings is 1. The standard InChI is InChI=1S/C21H19NO3/c1-14-12-20(24-2)21(25-3)13-17(14)19(23)11-10-16-9-8-15-6-4-5-7-18(15)22-16/h4-13H,1-3H3. The van der Waals surface area contributed by atoms with E-state index in [0.29, 0.717) is 17.1 Å². The van der Waals surface area contributed by atoms with Crippen LogP contribution in [0.4, 0.5) is 0 Å². The average molecular weight is 333 g/mol. The molecule has 0 spiro atoms. The quantitative estimate of drug-likeness (QED) is 0.511. The van der Waals surface area contributed by atoms with Crippen LogP contribution in [0.3, 0.4) is 0 Å². The van der Waals surface area contributed by atoms with Gasteiger partial charge in [0.05, 0.1) is 25.4 Å². The van der Waals surface area contributed by atoms with E-state index in [1.54, 1.807) is 32.4 Å². The molecule has 3 aromatic rings. The maximum absolute atomic E-state index is 12.6. The van der Waals surface area contributed by atoms with E-state index in [4.69, 9.17) is 9.47 Å². The Morgan fingerprint density at radius 3 is 2.48 bits per heavy atom. The molecule has 0 bridgehead atoms. The van der Waals surface area contributed by atoms with Gasteiger partial charge in [-0.15, -0.1) is 0 Å². The van der Waals surface area contributed by atoms with Crippen LogP contribution in [0.2, 0.25) is 0 Å². The van der Waals surface area contributed by atoms with Gasteiger partial charge in [0, 0.05) is 10.9 Å². The Hall–Kier alpha value is -3.14. The summed E-state index contributed by atoms with van der Waals surface area (Å²) in [5.74, 6) is 1.04. The van der Waals surface area contributed by atoms with Crippen molar-refractivity contribution in [3.05, 3.63) is 71.4 Å². The molecule has 0 fully saturated rings. The molecule has 126 valence electrons. The lowest BCUT2D eigenvalue weighted by Gasteiger charge is -2.11. The number of ketones is 1. The van der Waals surface area contributed by atoms with Gasteiger partial charge >= 0.3 is 0 Å². The number of fused-ring (bicyclic) bond motifs is 1. The third-order valence-electron chi connectivity index (χ3n) is 4.02. The fourth-order valence-electron chi connectivity index (χ4n) is 2.67. The summed E-state index contributed by atoms with van der Waals surface area (Å²) in [5, 5.41) is 1.07. The highest BCUT2D eigenvalue weighted by molar-refractivity contribution is 6.08. The molecular weight excluding hydrogens is 314 g/mol. The maximum Gasteiger partial charge on any atom is 0.186 e. The minimum Gasteiger partial charge on any atom is -0.493 e. The molecule has 4 nitrogen and oxygen atoms in total. The second-order valence-electron chi connectivity index (χ2n) is 5.65. The van der Waals surface area contributed by atoms with Gasteiger partial charge in [-0.3, -0.25) is 4.79 Å². The van der Waals surface area contributed by atoms with E-state index in [9.17, 15) is 4.79 Å². The molecule has 3 rings (SSSR count). The molecule has 0 aliphatic rings. The second kappa shape index (κ2) is 7.18. The predicted octanol–water partition coefficient (Wildman–Crippen LogP) is 4.46. The Morgan fingerprint density at radius 2 is 1.72 bits per heavy atom. The Labute approximate surface area is 146 Å². The fraction of sp³-hybridized carbons (Fsp3) is 0.143. The first kappa shape index (κ1) is 16.7. The highest BCUT2D eigenvalue weighted by Crippen LogP contribution is 2.30. The van der Waals surface area contributed by atoms with Gasteiger partial charge in [0.2, 0.25) is 0 Å². The minimum atomic E-state index is -0.103. The first-order chi connectivity index (χ1) is 12.1. The van der Waals surface area contributed by atoms with Crippen molar-refractivity contribution in [2.75, 3.05) is 14.2 Å². The molecule has 0 N–H and O–H groups in total. The first-order valence-electron chi connectivity index (χ1n) is 7.93. The van der Waals surface area contributed by atoms with Crippen molar-refractivity contribution in [3.63, 3.8) is 0 Å². The van der Waals surface area contributed by atoms with Crippen LogP contribution in [0.25, 0.3) is 17.0 Å². The van der Waals surface area contributed by atoms with Gasteiger partial charge in [0.1, 0.15) is 0 Å². The molecule has 0 aliphatic carbocycles. The molecule has 0 amide bonds. The molecule has 1 aromatic heterocycles. The fourth-order valence-corrected chi connectivity index (χ4v) is 2.67. The van der Waals surface area contributed by atoms with E-state index >= 15 is 0 Å². The number of benzene rings is 2. The van der Waals surface area contributed by atoms with Crippen LogP contribution in [-0.2, 0) is 0 Å². The number of aromatic nitrogens is 1. The average Bonchev–Trinajstić information content (AvgIpc) is 2.65. The van der Waals surface area contributed by atoms with Crippen molar-refractivity contribution in [1.29, 1.82) is 0 Å². The van der Waals surface area contributed by atoms with E-state index in [2.05, 4.69) is 4.98 Å². The van der Waals surface area contributed by atoms with E-state index in [-0.39, 0.29) is 5.78 Å². The largest absolute Gasteiger partial charge is 0.493 e. The van der Waals surface area contributed by atoms with Crippen LogP contribution in [-0.4, -0.2) is 25.0 Å². The summed E-state index contributed by atoms with van der Waals surface area (Å²) in [6.07, 6.45) is 3.26. The molecule has 0 saturated heterocycles. The lowest BCUT2D eigenvalue weighted by molar-refractivity contribution is 0.104. The zero-order chi connectivity index (χ0) is 17.8. The van der Waals surface area contributed by atoms with Crippen molar-refractivity contribution < 1.29 is 14.3 Å². The summed E-state index contributed by atoms with van der Waals surface area (Å²) >= 11 is 0. The molecule has 0 radical (unpaired) electrons. The van der Waals surface area contributed by atoms with E-state index < -0.39 is 0 Å². The minimum absolute atomic E-state index is 0.103. The maximum atomic E-state index is 12.6. The lowest BCUT2D eigenvalue weighted by atomic mass is 10.0. The Morgan fingerprint density at radius 1 is 1.00 bits per heavy atom. The van der Waals surface area contributed by atoms with Crippen LogP contribution in [0.1, 0.15) is 21.6 Å². The second-order valence-corrected chi connectivity index (χ2v) is 5.65. The van der Waals surface area contributed by atoms with Crippen molar-refractivity contribution in [1.82, 2.24) is 4.98 Å². The van der Waals surface area contributed by atoms with E-state index in [1.165, 1.54) is 6.08 Å². The molecular formula is C21H19NO3. The van der Waals surface area contributed by atoms with Crippen LogP contribution < -0.4 is 9.47 Å². The number of hydrogen-bond acceptors (Lipinski definition) is 4. The third-order valence-corrected chi connectivity index (χ3v) is 4.02. The van der Waals surface area contributed by atoms with Gasteiger partial charge < -0.3 is 9.47 Å². The van der Waals surface area contributed by atoms with Gasteiger partial charge in [0.25, 0.3) is 0 Å². The highest BCUT2D eigenvalue weighted by Gasteiger charge is 2.12. The number of methoxy groups -OCH3 is 2. The molecule has 1 heterocycles. The summed E-state index contributed by atoms with van der Waals surface area (Å²) in [7, 11) is 3.13. The van der Waals surface area contributed by atoms with E-state index in [1.807, 2.05) is 43.3 Å². The molecule has 25 heavy (non-hydrogen) atoms. The number of nitrogens with zero attached hydrogens (tertiary/aromatic N) is 1. The van der Waals surface area contributed by atoms with Crippen molar-refractivity contribution in [2.24, 2.45) is 0 Å². The van der Waals surface area contributed by atoms with Gasteiger partial charge in [-0.1, -0.05) is 24.3 Å². The SMILES string of the molecule is COc1cc(C)c(C(=O)C=Cc2ccc3ccccc3n2)cc1OC. The molecule has 2 aromatic carbocycles. The first-order valence-corrected chi connectivity index (χ1v) is 7.93. The highest BCUT2D eigenvalue weighted by atomic mass is 16.5. The zero-order valence-electron chi connectivity index (χ0n) is 14.4. The number of allylic oxidation sites excluding steroid dienone is 1. The summed E-state index contributed by atoms with van der Waals surface area (Å²) in [6, 6.07) is 15.3. The third kappa shape index (κ3) is 3.53. The van der Waals surface area contributed by atoms with Crippen LogP contribution in [0, 0.1) is 6.92 Å². The Kier molecular flexibility index (Phi) is 4.80. The van der Waals surface area contributed by atoms with Crippen LogP contribution in [0.15, 0.2) is 54.6 Å². The summed E-state index contributed by atoms with van der Waals surface area (Å²) in [6.45, 7) is 1.87. The number of rotatable bonds is 5. The number of aryl methyl sites for hydroxylation is 1. The summed E-state index contributed by atoms with van der Waals surface area (Å²) < 4.78 is 10.5. The number of carbonyl (C=O) groups is 1. The monoisotopic (exact) mass is 333 g/mol. The van der Waals surface area contributed by atoms with E-state index in [0.717, 1.165) is 22.2 Å². The van der Waals surface area contributed by atoms with Gasteiger partial charge in [-0.25, -0.2) is 4.98 Å². The van der Waals surface area contributed by atoms with Crippen LogP contribution >= 0.6 is 0 Å². The number of hydrogen-bond donors (Lipinski definition) is 0. The zero-order valence-corrected chi connectivity index (χ0v) is 14.4. The smallest absolute Gasteiger partial charge is 0.186 e. The van der Waals surface area contributed by atoms with Crippen molar-refractivity contribution in [3.8, 4) is 11.5 Å². The molecule has 0 aliphatic heterocycles. The molecule has 4 heteroatoms. The predicted molar refractivity (Wildman–Crippen MR) is 99.4 cm³/mol. The normalized spacial score (nSPS) is 11.0. The molecule has 0 saturated carbocycles. The van der Waals surface area contributed by atoms with Crippen molar-refractivity contribution >= 4 is 22.8 Å².